The van der Waals surface area contributed by atoms with Crippen molar-refractivity contribution in [1.29, 1.82) is 0 Å². The number of ketones is 1. The van der Waals surface area contributed by atoms with Gasteiger partial charge >= 0.3 is 0 Å². The Kier molecular flexibility index (Phi) is 5.47. The Morgan fingerprint density at radius 3 is 2.22 bits per heavy atom. The lowest BCUT2D eigenvalue weighted by molar-refractivity contribution is 0.101. The van der Waals surface area contributed by atoms with Crippen LogP contribution in [0.1, 0.15) is 22.8 Å². The van der Waals surface area contributed by atoms with Crippen LogP contribution in [0.25, 0.3) is 0 Å². The van der Waals surface area contributed by atoms with E-state index in [1.54, 1.807) is 6.08 Å². The highest BCUT2D eigenvalue weighted by Crippen LogP contribution is 2.19. The molecule has 23 heavy (non-hydrogen) atoms. The van der Waals surface area contributed by atoms with Gasteiger partial charge in [0.05, 0.1) is 4.90 Å². The van der Waals surface area contributed by atoms with E-state index in [1.807, 2.05) is 30.3 Å². The molecule has 2 aromatic carbocycles. The molecule has 0 bridgehead atoms. The fraction of sp³-hybridized carbons (Fsp3) is 0.167. The number of carbonyl (C=O) groups is 1. The monoisotopic (exact) mass is 329 g/mol. The second kappa shape index (κ2) is 7.35. The van der Waals surface area contributed by atoms with Crippen molar-refractivity contribution in [2.24, 2.45) is 0 Å². The molecule has 4 nitrogen and oxygen atoms in total. The summed E-state index contributed by atoms with van der Waals surface area (Å²) >= 11 is 0. The Morgan fingerprint density at radius 1 is 1.09 bits per heavy atom. The third-order valence-electron chi connectivity index (χ3n) is 3.43. The second-order valence-corrected chi connectivity index (χ2v) is 7.09. The first-order valence-corrected chi connectivity index (χ1v) is 8.65. The Hall–Kier alpha value is -2.24. The van der Waals surface area contributed by atoms with Gasteiger partial charge in [0.25, 0.3) is 0 Å². The summed E-state index contributed by atoms with van der Waals surface area (Å²) in [4.78, 5) is 11.5. The molecule has 0 radical (unpaired) electrons. The predicted octanol–water partition coefficient (Wildman–Crippen LogP) is 3.27. The van der Waals surface area contributed by atoms with E-state index in [0.29, 0.717) is 5.56 Å². The van der Waals surface area contributed by atoms with Crippen LogP contribution < -0.4 is 0 Å². The molecule has 0 aliphatic heterocycles. The zero-order valence-electron chi connectivity index (χ0n) is 13.0. The highest BCUT2D eigenvalue weighted by molar-refractivity contribution is 7.89. The van der Waals surface area contributed by atoms with Gasteiger partial charge in [-0.3, -0.25) is 4.79 Å². The molecular weight excluding hydrogens is 310 g/mol. The van der Waals surface area contributed by atoms with E-state index in [-0.39, 0.29) is 23.8 Å². The lowest BCUT2D eigenvalue weighted by atomic mass is 10.2. The van der Waals surface area contributed by atoms with Gasteiger partial charge < -0.3 is 0 Å². The van der Waals surface area contributed by atoms with Crippen molar-refractivity contribution in [2.75, 3.05) is 6.54 Å². The van der Waals surface area contributed by atoms with E-state index in [4.69, 9.17) is 0 Å². The highest BCUT2D eigenvalue weighted by Gasteiger charge is 2.23. The zero-order chi connectivity index (χ0) is 16.9. The van der Waals surface area contributed by atoms with Crippen LogP contribution >= 0.6 is 0 Å². The largest absolute Gasteiger partial charge is 0.295 e. The van der Waals surface area contributed by atoms with E-state index in [9.17, 15) is 13.2 Å². The molecule has 2 rings (SSSR count). The standard InChI is InChI=1S/C18H19NO3S/c1-3-13-19(14-16-7-5-4-6-8-16)23(21,22)18-11-9-17(10-12-18)15(2)20/h3-12H,1,13-14H2,2H3. The molecule has 0 aromatic heterocycles. The fourth-order valence-electron chi connectivity index (χ4n) is 2.19. The normalized spacial score (nSPS) is 11.4. The van der Waals surface area contributed by atoms with Crippen LogP contribution in [-0.2, 0) is 16.6 Å². The van der Waals surface area contributed by atoms with Crippen LogP contribution in [0.15, 0.2) is 72.1 Å². The summed E-state index contributed by atoms with van der Waals surface area (Å²) in [6, 6.07) is 15.4. The molecule has 0 saturated carbocycles. The van der Waals surface area contributed by atoms with Crippen molar-refractivity contribution in [3.8, 4) is 0 Å². The summed E-state index contributed by atoms with van der Waals surface area (Å²) in [6.07, 6.45) is 1.56. The fourth-order valence-corrected chi connectivity index (χ4v) is 3.59. The van der Waals surface area contributed by atoms with Gasteiger partial charge in [-0.25, -0.2) is 8.42 Å². The number of rotatable bonds is 7. The Labute approximate surface area is 137 Å². The van der Waals surface area contributed by atoms with Gasteiger partial charge in [-0.2, -0.15) is 4.31 Å². The lowest BCUT2D eigenvalue weighted by Gasteiger charge is -2.21. The molecule has 2 aromatic rings. The number of hydrogen-bond acceptors (Lipinski definition) is 3. The molecule has 0 aliphatic carbocycles. The maximum Gasteiger partial charge on any atom is 0.243 e. The minimum absolute atomic E-state index is 0.0961. The first-order chi connectivity index (χ1) is 10.9. The molecule has 5 heteroatoms. The molecular formula is C18H19NO3S. The maximum atomic E-state index is 12.8. The summed E-state index contributed by atoms with van der Waals surface area (Å²) in [5, 5.41) is 0. The van der Waals surface area contributed by atoms with Crippen LogP contribution in [0.3, 0.4) is 0 Å². The molecule has 0 amide bonds. The molecule has 0 saturated heterocycles. The van der Waals surface area contributed by atoms with Gasteiger partial charge in [0.15, 0.2) is 5.78 Å². The number of Topliss-reactive ketones (excluding diaryl/α,β-unsaturated/α-hetero) is 1. The van der Waals surface area contributed by atoms with Crippen molar-refractivity contribution >= 4 is 15.8 Å². The van der Waals surface area contributed by atoms with Crippen molar-refractivity contribution in [3.05, 3.63) is 78.4 Å². The first kappa shape index (κ1) is 17.1. The Morgan fingerprint density at radius 2 is 1.70 bits per heavy atom. The van der Waals surface area contributed by atoms with Crippen molar-refractivity contribution < 1.29 is 13.2 Å². The summed E-state index contributed by atoms with van der Waals surface area (Å²) in [6.45, 7) is 5.56. The maximum absolute atomic E-state index is 12.8. The SMILES string of the molecule is C=CCN(Cc1ccccc1)S(=O)(=O)c1ccc(C(C)=O)cc1. The Bertz CT molecular complexity index is 781. The van der Waals surface area contributed by atoms with Gasteiger partial charge in [0, 0.05) is 18.7 Å². The second-order valence-electron chi connectivity index (χ2n) is 5.15. The molecule has 0 spiro atoms. The highest BCUT2D eigenvalue weighted by atomic mass is 32.2. The number of benzene rings is 2. The van der Waals surface area contributed by atoms with E-state index in [1.165, 1.54) is 35.5 Å². The molecule has 120 valence electrons. The Balaban J connectivity index is 2.32. The van der Waals surface area contributed by atoms with Crippen LogP contribution in [0.4, 0.5) is 0 Å². The van der Waals surface area contributed by atoms with Gasteiger partial charge in [-0.15, -0.1) is 6.58 Å². The lowest BCUT2D eigenvalue weighted by Crippen LogP contribution is -2.30. The van der Waals surface area contributed by atoms with Crippen molar-refractivity contribution in [2.45, 2.75) is 18.4 Å². The van der Waals surface area contributed by atoms with E-state index < -0.39 is 10.0 Å². The minimum atomic E-state index is -3.65. The molecule has 0 aliphatic rings. The molecule has 0 heterocycles. The summed E-state index contributed by atoms with van der Waals surface area (Å²) in [5.74, 6) is -0.0961. The van der Waals surface area contributed by atoms with Gasteiger partial charge in [-0.05, 0) is 24.6 Å². The van der Waals surface area contributed by atoms with E-state index in [0.717, 1.165) is 5.56 Å². The minimum Gasteiger partial charge on any atom is -0.295 e. The van der Waals surface area contributed by atoms with E-state index in [2.05, 4.69) is 6.58 Å². The predicted molar refractivity (Wildman–Crippen MR) is 90.7 cm³/mol. The molecule has 0 fully saturated rings. The summed E-state index contributed by atoms with van der Waals surface area (Å²) < 4.78 is 27.0. The van der Waals surface area contributed by atoms with Crippen LogP contribution in [0.2, 0.25) is 0 Å². The van der Waals surface area contributed by atoms with Crippen LogP contribution in [-0.4, -0.2) is 25.1 Å². The topological polar surface area (TPSA) is 54.5 Å². The van der Waals surface area contributed by atoms with Gasteiger partial charge in [-0.1, -0.05) is 48.5 Å². The third kappa shape index (κ3) is 4.15. The quantitative estimate of drug-likeness (QED) is 0.579. The molecule has 0 atom stereocenters. The number of carbonyl (C=O) groups excluding carboxylic acids is 1. The van der Waals surface area contributed by atoms with Gasteiger partial charge in [0.2, 0.25) is 10.0 Å². The number of hydrogen-bond donors (Lipinski definition) is 0. The molecule has 0 unspecified atom stereocenters. The van der Waals surface area contributed by atoms with Crippen LogP contribution in [0.5, 0.6) is 0 Å². The first-order valence-electron chi connectivity index (χ1n) is 7.21. The van der Waals surface area contributed by atoms with E-state index >= 15 is 0 Å². The smallest absolute Gasteiger partial charge is 0.243 e. The summed E-state index contributed by atoms with van der Waals surface area (Å²) in [5.41, 5.74) is 1.39. The number of sulfonamides is 1. The van der Waals surface area contributed by atoms with Crippen LogP contribution in [0, 0.1) is 0 Å². The van der Waals surface area contributed by atoms with Crippen molar-refractivity contribution in [1.82, 2.24) is 4.31 Å². The summed E-state index contributed by atoms with van der Waals surface area (Å²) in [7, 11) is -3.65. The van der Waals surface area contributed by atoms with Gasteiger partial charge in [0.1, 0.15) is 0 Å². The van der Waals surface area contributed by atoms with Crippen molar-refractivity contribution in [3.63, 3.8) is 0 Å². The average Bonchev–Trinajstić information content (AvgIpc) is 2.55. The number of nitrogens with zero attached hydrogens (tertiary/aromatic N) is 1. The third-order valence-corrected chi connectivity index (χ3v) is 5.26. The average molecular weight is 329 g/mol. The zero-order valence-corrected chi connectivity index (χ0v) is 13.8. The molecule has 0 N–H and O–H groups in total.